The van der Waals surface area contributed by atoms with Gasteiger partial charge in [0.1, 0.15) is 30.0 Å². The highest BCUT2D eigenvalue weighted by Crippen LogP contribution is 2.27. The number of carbonyl (C=O) groups excluding carboxylic acids is 2. The smallest absolute Gasteiger partial charge is 0.264 e. The minimum Gasteiger partial charge on any atom is -0.494 e. The van der Waals surface area contributed by atoms with Crippen LogP contribution in [0.5, 0.6) is 5.75 Å². The first-order valence-corrected chi connectivity index (χ1v) is 14.3. The van der Waals surface area contributed by atoms with Crippen LogP contribution in [0.2, 0.25) is 0 Å². The molecule has 0 aliphatic carbocycles. The quantitative estimate of drug-likeness (QED) is 0.325. The van der Waals surface area contributed by atoms with Crippen molar-refractivity contribution in [2.24, 2.45) is 0 Å². The van der Waals surface area contributed by atoms with E-state index in [-0.39, 0.29) is 22.7 Å². The van der Waals surface area contributed by atoms with Crippen molar-refractivity contribution in [2.75, 3.05) is 24.0 Å². The first-order chi connectivity index (χ1) is 19.1. The zero-order valence-electron chi connectivity index (χ0n) is 22.6. The van der Waals surface area contributed by atoms with Gasteiger partial charge in [-0.15, -0.1) is 0 Å². The van der Waals surface area contributed by atoms with Gasteiger partial charge in [-0.25, -0.2) is 17.2 Å². The molecule has 11 heteroatoms. The van der Waals surface area contributed by atoms with Gasteiger partial charge in [0.05, 0.1) is 17.2 Å². The van der Waals surface area contributed by atoms with Crippen LogP contribution in [-0.2, 0) is 26.2 Å². The summed E-state index contributed by atoms with van der Waals surface area (Å²) in [6, 6.07) is 15.1. The van der Waals surface area contributed by atoms with Crippen molar-refractivity contribution in [3.05, 3.63) is 90.0 Å². The Morgan fingerprint density at radius 1 is 0.950 bits per heavy atom. The number of carbonyl (C=O) groups is 2. The van der Waals surface area contributed by atoms with Crippen molar-refractivity contribution in [3.8, 4) is 5.75 Å². The lowest BCUT2D eigenvalue weighted by Gasteiger charge is -2.32. The van der Waals surface area contributed by atoms with E-state index in [0.717, 1.165) is 33.5 Å². The van der Waals surface area contributed by atoms with E-state index in [1.807, 2.05) is 6.92 Å². The van der Waals surface area contributed by atoms with Gasteiger partial charge in [0, 0.05) is 18.7 Å². The van der Waals surface area contributed by atoms with Crippen LogP contribution in [0.1, 0.15) is 32.8 Å². The number of ether oxygens (including phenoxy) is 1. The Labute approximate surface area is 233 Å². The maximum atomic E-state index is 14.6. The van der Waals surface area contributed by atoms with Crippen LogP contribution >= 0.6 is 0 Å². The molecule has 8 nitrogen and oxygen atoms in total. The van der Waals surface area contributed by atoms with Crippen molar-refractivity contribution in [3.63, 3.8) is 0 Å². The molecule has 1 unspecified atom stereocenters. The predicted molar refractivity (Wildman–Crippen MR) is 148 cm³/mol. The average molecular weight is 574 g/mol. The second kappa shape index (κ2) is 13.9. The van der Waals surface area contributed by atoms with Gasteiger partial charge in [-0.2, -0.15) is 0 Å². The Kier molecular flexibility index (Phi) is 10.6. The van der Waals surface area contributed by atoms with E-state index in [1.165, 1.54) is 37.3 Å². The lowest BCUT2D eigenvalue weighted by Crippen LogP contribution is -2.51. The van der Waals surface area contributed by atoms with E-state index in [0.29, 0.717) is 25.3 Å². The van der Waals surface area contributed by atoms with Crippen LogP contribution in [0.4, 0.5) is 14.5 Å². The van der Waals surface area contributed by atoms with E-state index < -0.39 is 46.1 Å². The summed E-state index contributed by atoms with van der Waals surface area (Å²) >= 11 is 0. The highest BCUT2D eigenvalue weighted by Gasteiger charge is 2.33. The largest absolute Gasteiger partial charge is 0.494 e. The summed E-state index contributed by atoms with van der Waals surface area (Å²) < 4.78 is 61.9. The van der Waals surface area contributed by atoms with Crippen molar-refractivity contribution >= 4 is 27.5 Å². The molecule has 0 aliphatic rings. The summed E-state index contributed by atoms with van der Waals surface area (Å²) in [7, 11) is -4.36. The van der Waals surface area contributed by atoms with Crippen molar-refractivity contribution < 1.29 is 31.5 Å². The van der Waals surface area contributed by atoms with Crippen LogP contribution in [0.25, 0.3) is 0 Å². The van der Waals surface area contributed by atoms with Gasteiger partial charge in [0.15, 0.2) is 0 Å². The molecular formula is C29H33F2N3O5S. The average Bonchev–Trinajstić information content (AvgIpc) is 2.94. The molecule has 2 amide bonds. The number of nitrogens with one attached hydrogen (secondary N) is 1. The Morgan fingerprint density at radius 3 is 2.20 bits per heavy atom. The second-order valence-corrected chi connectivity index (χ2v) is 10.8. The summed E-state index contributed by atoms with van der Waals surface area (Å²) in [5.41, 5.74) is 0.315. The molecule has 40 heavy (non-hydrogen) atoms. The number of hydrogen-bond acceptors (Lipinski definition) is 5. The van der Waals surface area contributed by atoms with Crippen LogP contribution < -0.4 is 14.4 Å². The molecule has 0 spiro atoms. The number of amides is 2. The third kappa shape index (κ3) is 7.56. The molecule has 214 valence electrons. The first-order valence-electron chi connectivity index (χ1n) is 12.9. The Bertz CT molecular complexity index is 1400. The number of sulfonamides is 1. The normalized spacial score (nSPS) is 11.9. The fourth-order valence-electron chi connectivity index (χ4n) is 3.93. The van der Waals surface area contributed by atoms with Gasteiger partial charge in [-0.3, -0.25) is 13.9 Å². The molecule has 3 aromatic rings. The fourth-order valence-corrected chi connectivity index (χ4v) is 5.34. The topological polar surface area (TPSA) is 96.0 Å². The van der Waals surface area contributed by atoms with Crippen molar-refractivity contribution in [1.82, 2.24) is 10.2 Å². The van der Waals surface area contributed by atoms with E-state index in [4.69, 9.17) is 4.74 Å². The third-order valence-corrected chi connectivity index (χ3v) is 7.92. The molecule has 0 saturated carbocycles. The molecule has 0 bridgehead atoms. The Balaban J connectivity index is 2.03. The molecule has 0 aliphatic heterocycles. The van der Waals surface area contributed by atoms with Crippen molar-refractivity contribution in [1.29, 1.82) is 0 Å². The number of anilines is 1. The van der Waals surface area contributed by atoms with E-state index in [9.17, 15) is 26.8 Å². The lowest BCUT2D eigenvalue weighted by molar-refractivity contribution is -0.139. The van der Waals surface area contributed by atoms with Gasteiger partial charge in [-0.1, -0.05) is 25.1 Å². The summed E-state index contributed by atoms with van der Waals surface area (Å²) in [6.45, 7) is 5.00. The number of hydrogen-bond donors (Lipinski definition) is 1. The summed E-state index contributed by atoms with van der Waals surface area (Å²) in [4.78, 5) is 27.6. The minimum atomic E-state index is -4.36. The summed E-state index contributed by atoms with van der Waals surface area (Å²) in [5, 5.41) is 2.72. The van der Waals surface area contributed by atoms with Crippen molar-refractivity contribution in [2.45, 2.75) is 44.7 Å². The molecule has 0 radical (unpaired) electrons. The number of halogens is 2. The van der Waals surface area contributed by atoms with Gasteiger partial charge in [-0.05, 0) is 74.9 Å². The molecular weight excluding hydrogens is 540 g/mol. The Hall–Kier alpha value is -3.99. The van der Waals surface area contributed by atoms with Crippen LogP contribution in [0.3, 0.4) is 0 Å². The monoisotopic (exact) mass is 573 g/mol. The predicted octanol–water partition coefficient (Wildman–Crippen LogP) is 4.50. The zero-order chi connectivity index (χ0) is 29.3. The molecule has 0 fully saturated rings. The molecule has 1 N–H and O–H groups in total. The maximum absolute atomic E-state index is 14.6. The van der Waals surface area contributed by atoms with Gasteiger partial charge in [0.25, 0.3) is 10.0 Å². The maximum Gasteiger partial charge on any atom is 0.264 e. The van der Waals surface area contributed by atoms with Crippen LogP contribution in [0.15, 0.2) is 77.7 Å². The molecule has 3 rings (SSSR count). The zero-order valence-corrected chi connectivity index (χ0v) is 23.5. The van der Waals surface area contributed by atoms with E-state index in [2.05, 4.69) is 5.32 Å². The SMILES string of the molecule is CCCNC(=O)C(C)N(Cc1ccccc1F)C(=O)CN(c1ccc(OCC)cc1)S(=O)(=O)c1ccc(F)cc1. The summed E-state index contributed by atoms with van der Waals surface area (Å²) in [5.74, 6) is -1.88. The lowest BCUT2D eigenvalue weighted by atomic mass is 10.1. The van der Waals surface area contributed by atoms with E-state index >= 15 is 0 Å². The molecule has 0 aromatic heterocycles. The molecule has 0 heterocycles. The number of benzene rings is 3. The van der Waals surface area contributed by atoms with Crippen LogP contribution in [0, 0.1) is 11.6 Å². The Morgan fingerprint density at radius 2 is 1.60 bits per heavy atom. The number of nitrogens with zero attached hydrogens (tertiary/aromatic N) is 2. The molecule has 1 atom stereocenters. The molecule has 3 aromatic carbocycles. The summed E-state index contributed by atoms with van der Waals surface area (Å²) in [6.07, 6.45) is 0.668. The van der Waals surface area contributed by atoms with Gasteiger partial charge < -0.3 is 15.0 Å². The number of rotatable bonds is 13. The van der Waals surface area contributed by atoms with Gasteiger partial charge in [0.2, 0.25) is 11.8 Å². The van der Waals surface area contributed by atoms with Gasteiger partial charge >= 0.3 is 0 Å². The highest BCUT2D eigenvalue weighted by atomic mass is 32.2. The van der Waals surface area contributed by atoms with Crippen LogP contribution in [-0.4, -0.2) is 50.9 Å². The fraction of sp³-hybridized carbons (Fsp3) is 0.310. The first kappa shape index (κ1) is 30.6. The standard InChI is InChI=1S/C29H33F2N3O5S/c1-4-18-32-29(36)21(3)33(19-22-8-6-7-9-27(22)31)28(35)20-34(24-12-14-25(15-13-24)39-5-2)40(37,38)26-16-10-23(30)11-17-26/h6-17,21H,4-5,18-20H2,1-3H3,(H,32,36). The molecule has 0 saturated heterocycles. The third-order valence-electron chi connectivity index (χ3n) is 6.13. The minimum absolute atomic E-state index is 0.148. The van der Waals surface area contributed by atoms with E-state index in [1.54, 1.807) is 25.1 Å². The highest BCUT2D eigenvalue weighted by molar-refractivity contribution is 7.92. The second-order valence-electron chi connectivity index (χ2n) is 8.97.